The molecule has 0 spiro atoms. The van der Waals surface area contributed by atoms with Crippen molar-refractivity contribution < 1.29 is 41.7 Å². The second-order valence-electron chi connectivity index (χ2n) is 5.89. The zero-order valence-electron chi connectivity index (χ0n) is 16.4. The molecule has 2 aromatic rings. The van der Waals surface area contributed by atoms with Crippen LogP contribution in [0, 0.1) is 0 Å². The van der Waals surface area contributed by atoms with E-state index in [4.69, 9.17) is 18.9 Å². The maximum Gasteiger partial charge on any atom is 0.416 e. The second kappa shape index (κ2) is 9.82. The van der Waals surface area contributed by atoms with Crippen LogP contribution < -0.4 is 14.2 Å². The SMILES string of the molecule is COc1cc(OC)c(OC)cc1/C=C/C(=O)OCC(=O)c1cccc(C(F)(F)F)c1. The Bertz CT molecular complexity index is 950. The van der Waals surface area contributed by atoms with E-state index in [1.54, 1.807) is 12.1 Å². The third-order valence-electron chi connectivity index (χ3n) is 3.99. The lowest BCUT2D eigenvalue weighted by Gasteiger charge is -2.12. The second-order valence-corrected chi connectivity index (χ2v) is 5.89. The van der Waals surface area contributed by atoms with Crippen LogP contribution in [0.5, 0.6) is 17.2 Å². The molecule has 0 radical (unpaired) electrons. The molecule has 160 valence electrons. The predicted octanol–water partition coefficient (Wildman–Crippen LogP) is 4.17. The van der Waals surface area contributed by atoms with E-state index in [2.05, 4.69) is 0 Å². The molecule has 0 heterocycles. The first-order valence-corrected chi connectivity index (χ1v) is 8.55. The summed E-state index contributed by atoms with van der Waals surface area (Å²) in [6.07, 6.45) is -2.13. The van der Waals surface area contributed by atoms with Gasteiger partial charge in [-0.25, -0.2) is 4.79 Å². The topological polar surface area (TPSA) is 71.1 Å². The van der Waals surface area contributed by atoms with Crippen molar-refractivity contribution in [2.24, 2.45) is 0 Å². The number of hydrogen-bond acceptors (Lipinski definition) is 6. The normalized spacial score (nSPS) is 11.3. The Labute approximate surface area is 170 Å². The molecule has 0 unspecified atom stereocenters. The molecule has 0 aliphatic carbocycles. The number of esters is 1. The van der Waals surface area contributed by atoms with Gasteiger partial charge in [0.05, 0.1) is 26.9 Å². The van der Waals surface area contributed by atoms with Crippen LogP contribution in [0.2, 0.25) is 0 Å². The number of methoxy groups -OCH3 is 3. The lowest BCUT2D eigenvalue weighted by atomic mass is 10.1. The summed E-state index contributed by atoms with van der Waals surface area (Å²) in [6, 6.07) is 7.04. The van der Waals surface area contributed by atoms with Crippen molar-refractivity contribution in [3.63, 3.8) is 0 Å². The first-order valence-electron chi connectivity index (χ1n) is 8.55. The van der Waals surface area contributed by atoms with E-state index in [-0.39, 0.29) is 5.56 Å². The van der Waals surface area contributed by atoms with Crippen LogP contribution in [0.1, 0.15) is 21.5 Å². The van der Waals surface area contributed by atoms with Crippen LogP contribution in [-0.4, -0.2) is 39.7 Å². The number of rotatable bonds is 8. The molecular weight excluding hydrogens is 405 g/mol. The number of halogens is 3. The Kier molecular flexibility index (Phi) is 7.46. The molecule has 0 amide bonds. The molecule has 0 fully saturated rings. The average molecular weight is 424 g/mol. The highest BCUT2D eigenvalue weighted by Crippen LogP contribution is 2.35. The first-order chi connectivity index (χ1) is 14.2. The summed E-state index contributed by atoms with van der Waals surface area (Å²) in [7, 11) is 4.35. The Balaban J connectivity index is 2.06. The zero-order valence-corrected chi connectivity index (χ0v) is 16.4. The lowest BCUT2D eigenvalue weighted by Crippen LogP contribution is -2.14. The van der Waals surface area contributed by atoms with Crippen LogP contribution in [0.3, 0.4) is 0 Å². The molecule has 2 aromatic carbocycles. The zero-order chi connectivity index (χ0) is 22.3. The minimum atomic E-state index is -4.58. The van der Waals surface area contributed by atoms with Gasteiger partial charge in [-0.05, 0) is 24.3 Å². The summed E-state index contributed by atoms with van der Waals surface area (Å²) in [4.78, 5) is 24.0. The average Bonchev–Trinajstić information content (AvgIpc) is 2.74. The molecular formula is C21H19F3O6. The van der Waals surface area contributed by atoms with E-state index in [0.717, 1.165) is 18.2 Å². The van der Waals surface area contributed by atoms with Gasteiger partial charge in [-0.1, -0.05) is 12.1 Å². The fourth-order valence-corrected chi connectivity index (χ4v) is 2.48. The van der Waals surface area contributed by atoms with Crippen molar-refractivity contribution in [2.75, 3.05) is 27.9 Å². The van der Waals surface area contributed by atoms with E-state index < -0.39 is 30.1 Å². The largest absolute Gasteiger partial charge is 0.496 e. The molecule has 9 heteroatoms. The van der Waals surface area contributed by atoms with Crippen LogP contribution in [0.15, 0.2) is 42.5 Å². The number of hydrogen-bond donors (Lipinski definition) is 0. The molecule has 6 nitrogen and oxygen atoms in total. The van der Waals surface area contributed by atoms with E-state index in [1.165, 1.54) is 33.5 Å². The van der Waals surface area contributed by atoms with Gasteiger partial charge in [0.2, 0.25) is 0 Å². The summed E-state index contributed by atoms with van der Waals surface area (Å²) in [5.74, 6) is -0.373. The minimum Gasteiger partial charge on any atom is -0.496 e. The molecule has 0 aromatic heterocycles. The van der Waals surface area contributed by atoms with Gasteiger partial charge in [-0.2, -0.15) is 13.2 Å². The van der Waals surface area contributed by atoms with Gasteiger partial charge in [0, 0.05) is 23.3 Å². The molecule has 0 saturated carbocycles. The maximum absolute atomic E-state index is 12.7. The number of ketones is 1. The number of carbonyl (C=O) groups is 2. The molecule has 0 aliphatic heterocycles. The maximum atomic E-state index is 12.7. The lowest BCUT2D eigenvalue weighted by molar-refractivity contribution is -0.138. The van der Waals surface area contributed by atoms with Crippen molar-refractivity contribution >= 4 is 17.8 Å². The Hall–Kier alpha value is -3.49. The van der Waals surface area contributed by atoms with E-state index in [9.17, 15) is 22.8 Å². The molecule has 0 bridgehead atoms. The first kappa shape index (κ1) is 22.8. The summed E-state index contributed by atoms with van der Waals surface area (Å²) >= 11 is 0. The highest BCUT2D eigenvalue weighted by Gasteiger charge is 2.30. The Morgan fingerprint density at radius 2 is 1.57 bits per heavy atom. The van der Waals surface area contributed by atoms with E-state index in [1.807, 2.05) is 0 Å². The van der Waals surface area contributed by atoms with E-state index in [0.29, 0.717) is 28.9 Å². The smallest absolute Gasteiger partial charge is 0.416 e. The van der Waals surface area contributed by atoms with Gasteiger partial charge in [0.1, 0.15) is 5.75 Å². The number of Topliss-reactive ketones (excluding diaryl/α,β-unsaturated/α-hetero) is 1. The molecule has 30 heavy (non-hydrogen) atoms. The molecule has 0 saturated heterocycles. The molecule has 0 atom stereocenters. The van der Waals surface area contributed by atoms with Gasteiger partial charge in [0.25, 0.3) is 0 Å². The van der Waals surface area contributed by atoms with Crippen LogP contribution in [0.25, 0.3) is 6.08 Å². The quantitative estimate of drug-likeness (QED) is 0.360. The summed E-state index contributed by atoms with van der Waals surface area (Å²) in [5.41, 5.74) is -0.681. The van der Waals surface area contributed by atoms with Gasteiger partial charge in [-0.3, -0.25) is 4.79 Å². The van der Waals surface area contributed by atoms with Gasteiger partial charge >= 0.3 is 12.1 Å². The molecule has 2 rings (SSSR count). The minimum absolute atomic E-state index is 0.205. The summed E-state index contributed by atoms with van der Waals surface area (Å²) in [6.45, 7) is -0.701. The monoisotopic (exact) mass is 424 g/mol. The Morgan fingerprint density at radius 1 is 0.933 bits per heavy atom. The van der Waals surface area contributed by atoms with Crippen LogP contribution >= 0.6 is 0 Å². The van der Waals surface area contributed by atoms with Gasteiger partial charge in [-0.15, -0.1) is 0 Å². The number of carbonyl (C=O) groups excluding carboxylic acids is 2. The fraction of sp³-hybridized carbons (Fsp3) is 0.238. The standard InChI is InChI=1S/C21H19F3O6/c1-27-17-11-19(29-3)18(28-2)10-14(17)7-8-20(26)30-12-16(25)13-5-4-6-15(9-13)21(22,23)24/h4-11H,12H2,1-3H3/b8-7+. The van der Waals surface area contributed by atoms with Crippen LogP contribution in [-0.2, 0) is 15.7 Å². The number of ether oxygens (including phenoxy) is 4. The van der Waals surface area contributed by atoms with Crippen LogP contribution in [0.4, 0.5) is 13.2 Å². The van der Waals surface area contributed by atoms with Gasteiger partial charge < -0.3 is 18.9 Å². The van der Waals surface area contributed by atoms with E-state index >= 15 is 0 Å². The highest BCUT2D eigenvalue weighted by molar-refractivity contribution is 5.99. The Morgan fingerprint density at radius 3 is 2.17 bits per heavy atom. The number of benzene rings is 2. The molecule has 0 aliphatic rings. The summed E-state index contributed by atoms with van der Waals surface area (Å²) < 4.78 is 58.6. The fourth-order valence-electron chi connectivity index (χ4n) is 2.48. The number of alkyl halides is 3. The van der Waals surface area contributed by atoms with Gasteiger partial charge in [0.15, 0.2) is 23.9 Å². The molecule has 0 N–H and O–H groups in total. The highest BCUT2D eigenvalue weighted by atomic mass is 19.4. The van der Waals surface area contributed by atoms with Crippen molar-refractivity contribution in [3.8, 4) is 17.2 Å². The predicted molar refractivity (Wildman–Crippen MR) is 102 cm³/mol. The summed E-state index contributed by atoms with van der Waals surface area (Å²) in [5, 5.41) is 0. The van der Waals surface area contributed by atoms with Crippen molar-refractivity contribution in [2.45, 2.75) is 6.18 Å². The third-order valence-corrected chi connectivity index (χ3v) is 3.99. The van der Waals surface area contributed by atoms with Crippen molar-refractivity contribution in [1.29, 1.82) is 0 Å². The third kappa shape index (κ3) is 5.76. The van der Waals surface area contributed by atoms with Crippen molar-refractivity contribution in [3.05, 3.63) is 59.2 Å². The van der Waals surface area contributed by atoms with Crippen molar-refractivity contribution in [1.82, 2.24) is 0 Å².